The van der Waals surface area contributed by atoms with Gasteiger partial charge < -0.3 is 16.4 Å². The molecule has 154 valence electrons. The lowest BCUT2D eigenvalue weighted by molar-refractivity contribution is -0.123. The van der Waals surface area contributed by atoms with Crippen molar-refractivity contribution in [3.05, 3.63) is 81.9 Å². The fourth-order valence-electron chi connectivity index (χ4n) is 3.96. The van der Waals surface area contributed by atoms with Gasteiger partial charge in [-0.3, -0.25) is 9.59 Å². The van der Waals surface area contributed by atoms with Crippen LogP contribution in [-0.2, 0) is 11.2 Å². The van der Waals surface area contributed by atoms with E-state index in [1.807, 2.05) is 0 Å². The molecule has 1 aliphatic carbocycles. The number of hydrogen-bond donors (Lipinski definition) is 2. The zero-order valence-electron chi connectivity index (χ0n) is 15.7. The standard InChI is InChI=1S/C21H18F2N4O2S/c22-12-8-14-13(15(23)9-12)6-7-16(14)27(20(29)17-10-26-21(25)30-17)18(19(24)28)11-4-2-1-3-5-11/h1-5,8-10,16,18H,6-7H2,(H2,24,28)(H2,25,26)/t16-,18-/m1/s1. The van der Waals surface area contributed by atoms with Gasteiger partial charge >= 0.3 is 0 Å². The molecule has 9 heteroatoms. The van der Waals surface area contributed by atoms with E-state index in [1.165, 1.54) is 17.2 Å². The van der Waals surface area contributed by atoms with Gasteiger partial charge in [-0.25, -0.2) is 13.8 Å². The summed E-state index contributed by atoms with van der Waals surface area (Å²) in [5, 5.41) is 0.192. The van der Waals surface area contributed by atoms with E-state index < -0.39 is 35.5 Å². The third-order valence-electron chi connectivity index (χ3n) is 5.19. The molecular weight excluding hydrogens is 410 g/mol. The van der Waals surface area contributed by atoms with Crippen LogP contribution in [0.4, 0.5) is 13.9 Å². The van der Waals surface area contributed by atoms with Crippen LogP contribution in [-0.4, -0.2) is 21.7 Å². The second-order valence-electron chi connectivity index (χ2n) is 7.00. The van der Waals surface area contributed by atoms with Crippen LogP contribution in [0.2, 0.25) is 0 Å². The maximum Gasteiger partial charge on any atom is 0.267 e. The molecule has 0 aliphatic heterocycles. The van der Waals surface area contributed by atoms with Crippen molar-refractivity contribution >= 4 is 28.3 Å². The van der Waals surface area contributed by atoms with E-state index in [4.69, 9.17) is 11.5 Å². The van der Waals surface area contributed by atoms with Crippen molar-refractivity contribution in [2.75, 3.05) is 5.73 Å². The molecule has 0 radical (unpaired) electrons. The van der Waals surface area contributed by atoms with Crippen molar-refractivity contribution in [2.24, 2.45) is 5.73 Å². The number of thiazole rings is 1. The summed E-state index contributed by atoms with van der Waals surface area (Å²) in [4.78, 5) is 31.4. The highest BCUT2D eigenvalue weighted by Crippen LogP contribution is 2.42. The van der Waals surface area contributed by atoms with Gasteiger partial charge in [0.15, 0.2) is 5.13 Å². The zero-order valence-corrected chi connectivity index (χ0v) is 16.5. The quantitative estimate of drug-likeness (QED) is 0.650. The highest BCUT2D eigenvalue weighted by molar-refractivity contribution is 7.17. The van der Waals surface area contributed by atoms with Crippen molar-refractivity contribution in [3.8, 4) is 0 Å². The predicted octanol–water partition coefficient (Wildman–Crippen LogP) is 3.36. The van der Waals surface area contributed by atoms with Crippen LogP contribution < -0.4 is 11.5 Å². The minimum absolute atomic E-state index is 0.192. The minimum Gasteiger partial charge on any atom is -0.375 e. The molecule has 0 fully saturated rings. The van der Waals surface area contributed by atoms with Gasteiger partial charge in [-0.1, -0.05) is 41.7 Å². The molecule has 1 heterocycles. The van der Waals surface area contributed by atoms with Crippen LogP contribution in [0.25, 0.3) is 0 Å². The normalized spacial score (nSPS) is 16.1. The fraction of sp³-hybridized carbons (Fsp3) is 0.190. The van der Waals surface area contributed by atoms with Crippen LogP contribution in [0.3, 0.4) is 0 Å². The number of hydrogen-bond acceptors (Lipinski definition) is 5. The number of amides is 2. The maximum absolute atomic E-state index is 14.3. The largest absolute Gasteiger partial charge is 0.375 e. The summed E-state index contributed by atoms with van der Waals surface area (Å²) in [6.07, 6.45) is 1.95. The van der Waals surface area contributed by atoms with Gasteiger partial charge in [-0.15, -0.1) is 0 Å². The Morgan fingerprint density at radius 3 is 2.57 bits per heavy atom. The third kappa shape index (κ3) is 3.52. The number of rotatable bonds is 5. The third-order valence-corrected chi connectivity index (χ3v) is 6.00. The topological polar surface area (TPSA) is 102 Å². The average Bonchev–Trinajstić information content (AvgIpc) is 3.32. The van der Waals surface area contributed by atoms with Gasteiger partial charge in [-0.05, 0) is 35.6 Å². The lowest BCUT2D eigenvalue weighted by Gasteiger charge is -2.35. The Hall–Kier alpha value is -3.33. The van der Waals surface area contributed by atoms with Gasteiger partial charge in [0, 0.05) is 6.07 Å². The van der Waals surface area contributed by atoms with E-state index in [0.717, 1.165) is 17.4 Å². The second kappa shape index (κ2) is 7.83. The number of anilines is 1. The number of nitrogens with zero attached hydrogens (tertiary/aromatic N) is 2. The molecule has 0 saturated carbocycles. The summed E-state index contributed by atoms with van der Waals surface area (Å²) in [6, 6.07) is 8.73. The first-order valence-electron chi connectivity index (χ1n) is 9.23. The van der Waals surface area contributed by atoms with Crippen LogP contribution >= 0.6 is 11.3 Å². The number of fused-ring (bicyclic) bond motifs is 1. The Bertz CT molecular complexity index is 1120. The van der Waals surface area contributed by atoms with E-state index in [2.05, 4.69) is 4.98 Å². The molecule has 0 saturated heterocycles. The van der Waals surface area contributed by atoms with Crippen LogP contribution in [0, 0.1) is 11.6 Å². The molecule has 2 atom stereocenters. The van der Waals surface area contributed by atoms with Crippen molar-refractivity contribution in [1.29, 1.82) is 0 Å². The highest BCUT2D eigenvalue weighted by Gasteiger charge is 2.40. The predicted molar refractivity (Wildman–Crippen MR) is 108 cm³/mol. The van der Waals surface area contributed by atoms with E-state index in [0.29, 0.717) is 29.5 Å². The van der Waals surface area contributed by atoms with E-state index >= 15 is 0 Å². The van der Waals surface area contributed by atoms with E-state index in [1.54, 1.807) is 30.3 Å². The number of primary amides is 1. The lowest BCUT2D eigenvalue weighted by Crippen LogP contribution is -2.43. The number of aromatic nitrogens is 1. The molecular formula is C21H18F2N4O2S. The molecule has 2 amide bonds. The maximum atomic E-state index is 14.3. The molecule has 3 aromatic rings. The molecule has 1 aliphatic rings. The van der Waals surface area contributed by atoms with Crippen LogP contribution in [0.1, 0.15) is 44.9 Å². The Morgan fingerprint density at radius 2 is 1.93 bits per heavy atom. The molecule has 2 aromatic carbocycles. The first-order chi connectivity index (χ1) is 14.4. The smallest absolute Gasteiger partial charge is 0.267 e. The zero-order chi connectivity index (χ0) is 21.4. The summed E-state index contributed by atoms with van der Waals surface area (Å²) in [5.74, 6) is -2.70. The Kier molecular flexibility index (Phi) is 5.21. The summed E-state index contributed by atoms with van der Waals surface area (Å²) < 4.78 is 28.3. The molecule has 4 rings (SSSR count). The van der Waals surface area contributed by atoms with E-state index in [-0.39, 0.29) is 10.0 Å². The van der Waals surface area contributed by atoms with Gasteiger partial charge in [0.05, 0.1) is 12.2 Å². The van der Waals surface area contributed by atoms with Crippen LogP contribution in [0.5, 0.6) is 0 Å². The number of carbonyl (C=O) groups is 2. The Labute approximate surface area is 175 Å². The monoisotopic (exact) mass is 428 g/mol. The van der Waals surface area contributed by atoms with Gasteiger partial charge in [0.2, 0.25) is 5.91 Å². The molecule has 1 aromatic heterocycles. The van der Waals surface area contributed by atoms with Crippen molar-refractivity contribution in [1.82, 2.24) is 9.88 Å². The van der Waals surface area contributed by atoms with Gasteiger partial charge in [0.1, 0.15) is 22.6 Å². The van der Waals surface area contributed by atoms with E-state index in [9.17, 15) is 18.4 Å². The summed E-state index contributed by atoms with van der Waals surface area (Å²) in [7, 11) is 0. The van der Waals surface area contributed by atoms with Crippen LogP contribution in [0.15, 0.2) is 48.7 Å². The molecule has 30 heavy (non-hydrogen) atoms. The first-order valence-corrected chi connectivity index (χ1v) is 10.0. The molecule has 4 N–H and O–H groups in total. The Morgan fingerprint density at radius 1 is 1.20 bits per heavy atom. The first kappa shape index (κ1) is 20.0. The summed E-state index contributed by atoms with van der Waals surface area (Å²) in [6.45, 7) is 0. The molecule has 6 nitrogen and oxygen atoms in total. The molecule has 0 spiro atoms. The average molecular weight is 428 g/mol. The van der Waals surface area contributed by atoms with Crippen molar-refractivity contribution in [3.63, 3.8) is 0 Å². The molecule has 0 unspecified atom stereocenters. The SMILES string of the molecule is NC(=O)[C@@H](c1ccccc1)N(C(=O)c1cnc(N)s1)[C@@H]1CCc2c(F)cc(F)cc21. The summed E-state index contributed by atoms with van der Waals surface area (Å²) in [5.41, 5.74) is 12.6. The fourth-order valence-corrected chi connectivity index (χ4v) is 4.59. The number of benzene rings is 2. The number of halogens is 2. The highest BCUT2D eigenvalue weighted by atomic mass is 32.1. The van der Waals surface area contributed by atoms with Gasteiger partial charge in [-0.2, -0.15) is 0 Å². The molecule has 0 bridgehead atoms. The Balaban J connectivity index is 1.87. The minimum atomic E-state index is -1.13. The number of carbonyl (C=O) groups excluding carboxylic acids is 2. The van der Waals surface area contributed by atoms with Crippen molar-refractivity contribution < 1.29 is 18.4 Å². The number of nitrogens with two attached hydrogens (primary N) is 2. The number of nitrogen functional groups attached to an aromatic ring is 1. The summed E-state index contributed by atoms with van der Waals surface area (Å²) >= 11 is 0.970. The second-order valence-corrected chi connectivity index (χ2v) is 8.06. The van der Waals surface area contributed by atoms with Crippen molar-refractivity contribution in [2.45, 2.75) is 24.9 Å². The van der Waals surface area contributed by atoms with Gasteiger partial charge in [0.25, 0.3) is 5.91 Å². The lowest BCUT2D eigenvalue weighted by atomic mass is 9.99.